The van der Waals surface area contributed by atoms with Crippen molar-refractivity contribution in [2.75, 3.05) is 18.0 Å². The maximum absolute atomic E-state index is 6.05. The van der Waals surface area contributed by atoms with Crippen LogP contribution >= 0.6 is 11.3 Å². The van der Waals surface area contributed by atoms with Gasteiger partial charge in [-0.3, -0.25) is 4.40 Å². The molecular weight excluding hydrogens is 280 g/mol. The Balaban J connectivity index is 2.35. The van der Waals surface area contributed by atoms with Crippen molar-refractivity contribution in [1.29, 1.82) is 0 Å². The van der Waals surface area contributed by atoms with Crippen LogP contribution in [0.1, 0.15) is 46.2 Å². The minimum Gasteiger partial charge on any atom is -0.355 e. The second-order valence-electron chi connectivity index (χ2n) is 5.84. The number of hydrogen-bond donors (Lipinski definition) is 1. The Bertz CT molecular complexity index is 554. The number of nitrogens with zero attached hydrogens (tertiary/aromatic N) is 3. The molecule has 0 saturated heterocycles. The second-order valence-corrected chi connectivity index (χ2v) is 6.71. The first-order valence-electron chi connectivity index (χ1n) is 8.05. The van der Waals surface area contributed by atoms with E-state index in [2.05, 4.69) is 48.6 Å². The molecular formula is C16H28N4S. The van der Waals surface area contributed by atoms with E-state index in [0.717, 1.165) is 36.2 Å². The molecule has 1 unspecified atom stereocenters. The van der Waals surface area contributed by atoms with E-state index in [-0.39, 0.29) is 6.04 Å². The van der Waals surface area contributed by atoms with E-state index in [1.165, 1.54) is 18.5 Å². The highest BCUT2D eigenvalue weighted by atomic mass is 32.1. The van der Waals surface area contributed by atoms with Gasteiger partial charge in [-0.15, -0.1) is 11.3 Å². The van der Waals surface area contributed by atoms with Crippen LogP contribution in [0.3, 0.4) is 0 Å². The van der Waals surface area contributed by atoms with Crippen LogP contribution in [-0.2, 0) is 6.42 Å². The molecule has 0 amide bonds. The van der Waals surface area contributed by atoms with Crippen LogP contribution in [0, 0.1) is 5.92 Å². The van der Waals surface area contributed by atoms with Crippen molar-refractivity contribution in [3.8, 4) is 0 Å². The summed E-state index contributed by atoms with van der Waals surface area (Å²) >= 11 is 1.69. The summed E-state index contributed by atoms with van der Waals surface area (Å²) in [4.78, 5) is 8.37. The van der Waals surface area contributed by atoms with Crippen molar-refractivity contribution in [2.45, 2.75) is 53.0 Å². The zero-order chi connectivity index (χ0) is 15.4. The first-order valence-corrected chi connectivity index (χ1v) is 8.93. The van der Waals surface area contributed by atoms with Gasteiger partial charge in [-0.25, -0.2) is 4.98 Å². The monoisotopic (exact) mass is 308 g/mol. The highest BCUT2D eigenvalue weighted by Crippen LogP contribution is 2.27. The van der Waals surface area contributed by atoms with Gasteiger partial charge in [0, 0.05) is 37.1 Å². The fourth-order valence-corrected chi connectivity index (χ4v) is 3.52. The van der Waals surface area contributed by atoms with E-state index >= 15 is 0 Å². The zero-order valence-electron chi connectivity index (χ0n) is 13.7. The van der Waals surface area contributed by atoms with Crippen molar-refractivity contribution in [3.63, 3.8) is 0 Å². The number of nitrogens with two attached hydrogens (primary N) is 1. The van der Waals surface area contributed by atoms with Crippen LogP contribution in [0.4, 0.5) is 5.82 Å². The fraction of sp³-hybridized carbons (Fsp3) is 0.688. The van der Waals surface area contributed by atoms with Crippen LogP contribution in [0.15, 0.2) is 11.6 Å². The van der Waals surface area contributed by atoms with Gasteiger partial charge in [-0.1, -0.05) is 26.7 Å². The van der Waals surface area contributed by atoms with E-state index in [1.54, 1.807) is 11.3 Å². The third-order valence-corrected chi connectivity index (χ3v) is 4.93. The maximum atomic E-state index is 6.05. The summed E-state index contributed by atoms with van der Waals surface area (Å²) in [6.07, 6.45) is 5.42. The second kappa shape index (κ2) is 7.27. The molecule has 0 aliphatic rings. The summed E-state index contributed by atoms with van der Waals surface area (Å²) in [5.74, 6) is 1.86. The van der Waals surface area contributed by atoms with E-state index < -0.39 is 0 Å². The van der Waals surface area contributed by atoms with Gasteiger partial charge in [0.15, 0.2) is 10.8 Å². The Morgan fingerprint density at radius 1 is 1.33 bits per heavy atom. The summed E-state index contributed by atoms with van der Waals surface area (Å²) in [5, 5.41) is 2.09. The minimum absolute atomic E-state index is 0.149. The largest absolute Gasteiger partial charge is 0.355 e. The SMILES string of the molecule is CCC(CC)CN(CC)c1nc2sccn2c1CC(C)N. The van der Waals surface area contributed by atoms with Crippen LogP contribution < -0.4 is 10.6 Å². The summed E-state index contributed by atoms with van der Waals surface area (Å²) in [7, 11) is 0. The van der Waals surface area contributed by atoms with Gasteiger partial charge in [-0.2, -0.15) is 0 Å². The number of thiazole rings is 1. The molecule has 2 N–H and O–H groups in total. The Hall–Kier alpha value is -1.07. The first kappa shape index (κ1) is 16.3. The Morgan fingerprint density at radius 2 is 2.05 bits per heavy atom. The van der Waals surface area contributed by atoms with Gasteiger partial charge in [0.2, 0.25) is 0 Å². The zero-order valence-corrected chi connectivity index (χ0v) is 14.5. The number of rotatable bonds is 8. The molecule has 0 saturated carbocycles. The molecule has 4 nitrogen and oxygen atoms in total. The standard InChI is InChI=1S/C16H28N4S/c1-5-13(6-2)11-19(7-3)15-14(10-12(4)17)20-8-9-21-16(20)18-15/h8-9,12-13H,5-7,10-11,17H2,1-4H3. The summed E-state index contributed by atoms with van der Waals surface area (Å²) in [6, 6.07) is 0.149. The lowest BCUT2D eigenvalue weighted by atomic mass is 10.0. The molecule has 0 aliphatic carbocycles. The van der Waals surface area contributed by atoms with Gasteiger partial charge in [0.05, 0.1) is 5.69 Å². The molecule has 0 bridgehead atoms. The van der Waals surface area contributed by atoms with Crippen LogP contribution in [-0.4, -0.2) is 28.5 Å². The summed E-state index contributed by atoms with van der Waals surface area (Å²) in [6.45, 7) is 10.9. The molecule has 2 rings (SSSR count). The van der Waals surface area contributed by atoms with E-state index in [4.69, 9.17) is 10.7 Å². The van der Waals surface area contributed by atoms with Gasteiger partial charge < -0.3 is 10.6 Å². The molecule has 21 heavy (non-hydrogen) atoms. The highest BCUT2D eigenvalue weighted by molar-refractivity contribution is 7.15. The van der Waals surface area contributed by atoms with Crippen molar-refractivity contribution in [3.05, 3.63) is 17.3 Å². The highest BCUT2D eigenvalue weighted by Gasteiger charge is 2.20. The molecule has 2 aromatic heterocycles. The smallest absolute Gasteiger partial charge is 0.195 e. The molecule has 118 valence electrons. The molecule has 1 atom stereocenters. The van der Waals surface area contributed by atoms with E-state index in [1.807, 2.05) is 0 Å². The molecule has 0 spiro atoms. The number of hydrogen-bond acceptors (Lipinski definition) is 4. The predicted molar refractivity (Wildman–Crippen MR) is 92.4 cm³/mol. The Morgan fingerprint density at radius 3 is 2.62 bits per heavy atom. The molecule has 0 radical (unpaired) electrons. The van der Waals surface area contributed by atoms with Crippen molar-refractivity contribution in [2.24, 2.45) is 11.7 Å². The average molecular weight is 308 g/mol. The third kappa shape index (κ3) is 3.58. The van der Waals surface area contributed by atoms with Crippen molar-refractivity contribution < 1.29 is 0 Å². The third-order valence-electron chi connectivity index (χ3n) is 4.17. The van der Waals surface area contributed by atoms with Gasteiger partial charge in [-0.05, 0) is 19.8 Å². The minimum atomic E-state index is 0.149. The first-order chi connectivity index (χ1) is 10.1. The number of imidazole rings is 1. The van der Waals surface area contributed by atoms with Crippen LogP contribution in [0.2, 0.25) is 0 Å². The summed E-state index contributed by atoms with van der Waals surface area (Å²) < 4.78 is 2.21. The topological polar surface area (TPSA) is 46.6 Å². The Kier molecular flexibility index (Phi) is 5.65. The number of anilines is 1. The van der Waals surface area contributed by atoms with Gasteiger partial charge >= 0.3 is 0 Å². The van der Waals surface area contributed by atoms with Gasteiger partial charge in [0.25, 0.3) is 0 Å². The normalized spacial score (nSPS) is 13.2. The lowest BCUT2D eigenvalue weighted by Gasteiger charge is -2.26. The van der Waals surface area contributed by atoms with E-state index in [0.29, 0.717) is 0 Å². The van der Waals surface area contributed by atoms with Crippen molar-refractivity contribution >= 4 is 22.1 Å². The molecule has 5 heteroatoms. The lowest BCUT2D eigenvalue weighted by molar-refractivity contribution is 0.484. The van der Waals surface area contributed by atoms with Crippen LogP contribution in [0.5, 0.6) is 0 Å². The molecule has 0 fully saturated rings. The molecule has 0 aliphatic heterocycles. The number of aromatic nitrogens is 2. The average Bonchev–Trinajstić information content (AvgIpc) is 3.03. The maximum Gasteiger partial charge on any atom is 0.195 e. The predicted octanol–water partition coefficient (Wildman–Crippen LogP) is 3.55. The van der Waals surface area contributed by atoms with Gasteiger partial charge in [0.1, 0.15) is 0 Å². The number of fused-ring (bicyclic) bond motifs is 1. The Labute approximate surface area is 132 Å². The molecule has 2 aromatic rings. The fourth-order valence-electron chi connectivity index (χ4n) is 2.79. The molecule has 2 heterocycles. The quantitative estimate of drug-likeness (QED) is 0.811. The van der Waals surface area contributed by atoms with Crippen molar-refractivity contribution in [1.82, 2.24) is 9.38 Å². The van der Waals surface area contributed by atoms with E-state index in [9.17, 15) is 0 Å². The summed E-state index contributed by atoms with van der Waals surface area (Å²) in [5.41, 5.74) is 7.31. The molecule has 0 aromatic carbocycles. The van der Waals surface area contributed by atoms with Crippen LogP contribution in [0.25, 0.3) is 4.96 Å². The lowest BCUT2D eigenvalue weighted by Crippen LogP contribution is -2.31.